The number of hydrogen-bond donors (Lipinski definition) is 0. The molecule has 0 radical (unpaired) electrons. The van der Waals surface area contributed by atoms with Gasteiger partial charge in [-0.25, -0.2) is 0 Å². The fraction of sp³-hybridized carbons (Fsp3) is 0.750. The first-order chi connectivity index (χ1) is 6.18. The van der Waals surface area contributed by atoms with Crippen molar-refractivity contribution in [3.63, 3.8) is 0 Å². The minimum Gasteiger partial charge on any atom is -0.299 e. The van der Waals surface area contributed by atoms with Crippen LogP contribution in [0.1, 0.15) is 52.4 Å². The quantitative estimate of drug-likeness (QED) is 0.605. The highest BCUT2D eigenvalue weighted by Crippen LogP contribution is 2.21. The van der Waals surface area contributed by atoms with Gasteiger partial charge in [0.2, 0.25) is 0 Å². The highest BCUT2D eigenvalue weighted by atomic mass is 16.1. The molecular formula is C12H20O. The third-order valence-electron chi connectivity index (χ3n) is 2.62. The zero-order valence-corrected chi connectivity index (χ0v) is 8.81. The predicted octanol–water partition coefficient (Wildman–Crippen LogP) is 3.49. The number of hydrogen-bond acceptors (Lipinski definition) is 1. The number of rotatable bonds is 4. The molecule has 1 aliphatic carbocycles. The Kier molecular flexibility index (Phi) is 4.20. The van der Waals surface area contributed by atoms with Crippen LogP contribution in [0.15, 0.2) is 11.6 Å². The summed E-state index contributed by atoms with van der Waals surface area (Å²) in [6.45, 7) is 4.53. The van der Waals surface area contributed by atoms with E-state index in [-0.39, 0.29) is 0 Å². The lowest BCUT2D eigenvalue weighted by molar-refractivity contribution is -0.118. The minimum absolute atomic E-state index is 0.410. The van der Waals surface area contributed by atoms with Crippen LogP contribution >= 0.6 is 0 Å². The van der Waals surface area contributed by atoms with Crippen LogP contribution in [0.3, 0.4) is 0 Å². The molecule has 1 aliphatic rings. The normalized spacial score (nSPS) is 17.8. The molecule has 1 heteroatoms. The third-order valence-corrected chi connectivity index (χ3v) is 2.62. The van der Waals surface area contributed by atoms with Gasteiger partial charge in [-0.3, -0.25) is 4.79 Å². The second kappa shape index (κ2) is 5.21. The van der Waals surface area contributed by atoms with E-state index in [1.807, 2.05) is 0 Å². The Hall–Kier alpha value is -0.590. The summed E-state index contributed by atoms with van der Waals surface area (Å²) in [7, 11) is 0. The van der Waals surface area contributed by atoms with Crippen molar-refractivity contribution in [3.8, 4) is 0 Å². The van der Waals surface area contributed by atoms with Crippen molar-refractivity contribution < 1.29 is 4.79 Å². The van der Waals surface area contributed by atoms with Crippen molar-refractivity contribution in [2.75, 3.05) is 0 Å². The molecule has 0 aromatic heterocycles. The van der Waals surface area contributed by atoms with Crippen molar-refractivity contribution >= 4 is 5.78 Å². The summed E-state index contributed by atoms with van der Waals surface area (Å²) >= 11 is 0. The monoisotopic (exact) mass is 180 g/mol. The van der Waals surface area contributed by atoms with Crippen molar-refractivity contribution in [2.24, 2.45) is 5.92 Å². The molecule has 0 fully saturated rings. The number of ketones is 1. The summed E-state index contributed by atoms with van der Waals surface area (Å²) in [5.41, 5.74) is 1.51. The van der Waals surface area contributed by atoms with Crippen LogP contribution in [0.2, 0.25) is 0 Å². The Morgan fingerprint density at radius 2 is 2.15 bits per heavy atom. The molecule has 0 heterocycles. The molecule has 0 N–H and O–H groups in total. The molecule has 1 nitrogen and oxygen atoms in total. The number of carbonyl (C=O) groups is 1. The highest BCUT2D eigenvalue weighted by Gasteiger charge is 2.09. The van der Waals surface area contributed by atoms with E-state index in [1.54, 1.807) is 0 Å². The average molecular weight is 180 g/mol. The summed E-state index contributed by atoms with van der Waals surface area (Å²) in [6, 6.07) is 0. The Bertz CT molecular complexity index is 201. The minimum atomic E-state index is 0.410. The molecule has 13 heavy (non-hydrogen) atoms. The van der Waals surface area contributed by atoms with Crippen LogP contribution in [0.4, 0.5) is 0 Å². The van der Waals surface area contributed by atoms with Gasteiger partial charge in [-0.1, -0.05) is 31.9 Å². The van der Waals surface area contributed by atoms with E-state index in [0.717, 1.165) is 18.8 Å². The van der Waals surface area contributed by atoms with Gasteiger partial charge >= 0.3 is 0 Å². The molecule has 74 valence electrons. The number of Topliss-reactive ketones (excluding diaryl/α,β-unsaturated/α-hetero) is 1. The second-order valence-electron chi connectivity index (χ2n) is 4.39. The molecule has 0 atom stereocenters. The van der Waals surface area contributed by atoms with Crippen LogP contribution in [0, 0.1) is 5.92 Å². The van der Waals surface area contributed by atoms with Gasteiger partial charge in [-0.15, -0.1) is 0 Å². The zero-order valence-electron chi connectivity index (χ0n) is 8.81. The van der Waals surface area contributed by atoms with E-state index in [0.29, 0.717) is 12.2 Å². The maximum Gasteiger partial charge on any atom is 0.136 e. The SMILES string of the molecule is CC(C)CCCC1=CCC(=O)CC1. The summed E-state index contributed by atoms with van der Waals surface area (Å²) in [4.78, 5) is 10.9. The Morgan fingerprint density at radius 1 is 1.38 bits per heavy atom. The van der Waals surface area contributed by atoms with Gasteiger partial charge in [0.05, 0.1) is 0 Å². The van der Waals surface area contributed by atoms with Gasteiger partial charge in [0.15, 0.2) is 0 Å². The lowest BCUT2D eigenvalue weighted by Gasteiger charge is -2.12. The first-order valence-corrected chi connectivity index (χ1v) is 5.38. The molecule has 0 unspecified atom stereocenters. The fourth-order valence-corrected chi connectivity index (χ4v) is 1.73. The predicted molar refractivity (Wildman–Crippen MR) is 55.6 cm³/mol. The van der Waals surface area contributed by atoms with Gasteiger partial charge < -0.3 is 0 Å². The van der Waals surface area contributed by atoms with E-state index in [9.17, 15) is 4.79 Å². The Balaban J connectivity index is 2.18. The summed E-state index contributed by atoms with van der Waals surface area (Å²) < 4.78 is 0. The van der Waals surface area contributed by atoms with Crippen LogP contribution in [-0.2, 0) is 4.79 Å². The van der Waals surface area contributed by atoms with Gasteiger partial charge in [-0.2, -0.15) is 0 Å². The maximum atomic E-state index is 10.9. The number of carbonyl (C=O) groups excluding carboxylic acids is 1. The average Bonchev–Trinajstić information content (AvgIpc) is 2.08. The van der Waals surface area contributed by atoms with Crippen molar-refractivity contribution in [2.45, 2.75) is 52.4 Å². The molecule has 0 spiro atoms. The summed E-state index contributed by atoms with van der Waals surface area (Å²) in [5, 5.41) is 0. The Labute approximate surface area is 81.2 Å². The van der Waals surface area contributed by atoms with E-state index >= 15 is 0 Å². The standard InChI is InChI=1S/C12H20O/c1-10(2)4-3-5-11-6-8-12(13)9-7-11/h6,10H,3-5,7-9H2,1-2H3. The van der Waals surface area contributed by atoms with E-state index in [2.05, 4.69) is 19.9 Å². The van der Waals surface area contributed by atoms with Gasteiger partial charge in [0.1, 0.15) is 5.78 Å². The topological polar surface area (TPSA) is 17.1 Å². The van der Waals surface area contributed by atoms with Gasteiger partial charge in [0.25, 0.3) is 0 Å². The molecule has 0 aromatic rings. The van der Waals surface area contributed by atoms with Crippen molar-refractivity contribution in [3.05, 3.63) is 11.6 Å². The Morgan fingerprint density at radius 3 is 2.69 bits per heavy atom. The summed E-state index contributed by atoms with van der Waals surface area (Å²) in [5.74, 6) is 1.22. The highest BCUT2D eigenvalue weighted by molar-refractivity contribution is 5.81. The van der Waals surface area contributed by atoms with E-state index in [1.165, 1.54) is 24.8 Å². The largest absolute Gasteiger partial charge is 0.299 e. The summed E-state index contributed by atoms with van der Waals surface area (Å²) in [6.07, 6.45) is 8.46. The smallest absolute Gasteiger partial charge is 0.136 e. The molecule has 0 aromatic carbocycles. The van der Waals surface area contributed by atoms with Crippen molar-refractivity contribution in [1.82, 2.24) is 0 Å². The molecule has 0 saturated carbocycles. The molecule has 0 bridgehead atoms. The van der Waals surface area contributed by atoms with Crippen LogP contribution in [0.25, 0.3) is 0 Å². The molecular weight excluding hydrogens is 160 g/mol. The lowest BCUT2D eigenvalue weighted by Crippen LogP contribution is -2.03. The first kappa shape index (κ1) is 10.5. The second-order valence-corrected chi connectivity index (χ2v) is 4.39. The molecule has 1 rings (SSSR count). The van der Waals surface area contributed by atoms with Crippen LogP contribution < -0.4 is 0 Å². The molecule has 0 saturated heterocycles. The van der Waals surface area contributed by atoms with Gasteiger partial charge in [-0.05, 0) is 25.2 Å². The fourth-order valence-electron chi connectivity index (χ4n) is 1.73. The number of allylic oxidation sites excluding steroid dienone is 2. The molecule has 0 amide bonds. The van der Waals surface area contributed by atoms with Gasteiger partial charge in [0, 0.05) is 12.8 Å². The first-order valence-electron chi connectivity index (χ1n) is 5.38. The van der Waals surface area contributed by atoms with E-state index in [4.69, 9.17) is 0 Å². The van der Waals surface area contributed by atoms with E-state index < -0.39 is 0 Å². The third kappa shape index (κ3) is 4.25. The maximum absolute atomic E-state index is 10.9. The van der Waals surface area contributed by atoms with Crippen LogP contribution in [-0.4, -0.2) is 5.78 Å². The van der Waals surface area contributed by atoms with Crippen LogP contribution in [0.5, 0.6) is 0 Å². The molecule has 0 aliphatic heterocycles. The van der Waals surface area contributed by atoms with Crippen molar-refractivity contribution in [1.29, 1.82) is 0 Å². The zero-order chi connectivity index (χ0) is 9.68. The lowest BCUT2D eigenvalue weighted by atomic mass is 9.93.